The topological polar surface area (TPSA) is 35.5 Å². The van der Waals surface area contributed by atoms with E-state index < -0.39 is 5.82 Å². The molecule has 0 aliphatic rings. The maximum atomic E-state index is 13.4. The average Bonchev–Trinajstić information content (AvgIpc) is 2.31. The van der Waals surface area contributed by atoms with Gasteiger partial charge in [0, 0.05) is 5.33 Å². The molecule has 3 nitrogen and oxygen atoms in total. The molecule has 0 saturated carbocycles. The molecule has 0 aliphatic carbocycles. The maximum Gasteiger partial charge on any atom is 0.310 e. The van der Waals surface area contributed by atoms with Gasteiger partial charge < -0.3 is 9.47 Å². The van der Waals surface area contributed by atoms with Crippen LogP contribution in [0.15, 0.2) is 12.1 Å². The SMILES string of the molecule is CCOC(=O)Cc1cc(OC)c(F)cc1CBr. The molecule has 17 heavy (non-hydrogen) atoms. The Labute approximate surface area is 108 Å². The third kappa shape index (κ3) is 3.70. The molecule has 0 heterocycles. The van der Waals surface area contributed by atoms with Crippen LogP contribution in [-0.4, -0.2) is 19.7 Å². The molecule has 1 aromatic rings. The van der Waals surface area contributed by atoms with E-state index >= 15 is 0 Å². The lowest BCUT2D eigenvalue weighted by Crippen LogP contribution is -2.09. The van der Waals surface area contributed by atoms with Crippen molar-refractivity contribution in [1.82, 2.24) is 0 Å². The molecule has 5 heteroatoms. The number of alkyl halides is 1. The minimum Gasteiger partial charge on any atom is -0.494 e. The fraction of sp³-hybridized carbons (Fsp3) is 0.417. The minimum absolute atomic E-state index is 0.116. The summed E-state index contributed by atoms with van der Waals surface area (Å²) in [6.45, 7) is 2.08. The summed E-state index contributed by atoms with van der Waals surface area (Å²) in [7, 11) is 1.39. The second kappa shape index (κ2) is 6.59. The first-order valence-corrected chi connectivity index (χ1v) is 6.31. The fourth-order valence-corrected chi connectivity index (χ4v) is 1.97. The van der Waals surface area contributed by atoms with Crippen LogP contribution in [0.25, 0.3) is 0 Å². The number of carbonyl (C=O) groups excluding carboxylic acids is 1. The number of hydrogen-bond donors (Lipinski definition) is 0. The summed E-state index contributed by atoms with van der Waals surface area (Å²) in [6, 6.07) is 2.89. The highest BCUT2D eigenvalue weighted by Gasteiger charge is 2.13. The molecule has 0 saturated heterocycles. The molecule has 0 aliphatic heterocycles. The predicted molar refractivity (Wildman–Crippen MR) is 65.9 cm³/mol. The highest BCUT2D eigenvalue weighted by Crippen LogP contribution is 2.24. The van der Waals surface area contributed by atoms with Crippen LogP contribution in [0.4, 0.5) is 4.39 Å². The van der Waals surface area contributed by atoms with E-state index in [1.54, 1.807) is 6.92 Å². The highest BCUT2D eigenvalue weighted by atomic mass is 79.9. The number of halogens is 2. The Morgan fingerprint density at radius 3 is 2.65 bits per heavy atom. The van der Waals surface area contributed by atoms with E-state index in [-0.39, 0.29) is 18.1 Å². The van der Waals surface area contributed by atoms with Gasteiger partial charge in [-0.2, -0.15) is 0 Å². The molecule has 0 radical (unpaired) electrons. The molecule has 1 aromatic carbocycles. The molecule has 1 rings (SSSR count). The van der Waals surface area contributed by atoms with E-state index in [2.05, 4.69) is 15.9 Å². The third-order valence-corrected chi connectivity index (χ3v) is 2.86. The Hall–Kier alpha value is -1.10. The highest BCUT2D eigenvalue weighted by molar-refractivity contribution is 9.08. The van der Waals surface area contributed by atoms with Crippen molar-refractivity contribution in [2.24, 2.45) is 0 Å². The summed E-state index contributed by atoms with van der Waals surface area (Å²) in [6.07, 6.45) is 0.116. The van der Waals surface area contributed by atoms with Crippen molar-refractivity contribution in [2.75, 3.05) is 13.7 Å². The number of benzene rings is 1. The van der Waals surface area contributed by atoms with Gasteiger partial charge in [0.25, 0.3) is 0 Å². The molecule has 0 unspecified atom stereocenters. The maximum absolute atomic E-state index is 13.4. The quantitative estimate of drug-likeness (QED) is 0.620. The van der Waals surface area contributed by atoms with Crippen LogP contribution < -0.4 is 4.74 Å². The number of hydrogen-bond acceptors (Lipinski definition) is 3. The lowest BCUT2D eigenvalue weighted by atomic mass is 10.1. The normalized spacial score (nSPS) is 10.1. The lowest BCUT2D eigenvalue weighted by molar-refractivity contribution is -0.142. The van der Waals surface area contributed by atoms with E-state index in [1.165, 1.54) is 19.2 Å². The van der Waals surface area contributed by atoms with Crippen molar-refractivity contribution in [2.45, 2.75) is 18.7 Å². The van der Waals surface area contributed by atoms with Crippen LogP contribution in [0, 0.1) is 5.82 Å². The number of rotatable bonds is 5. The van der Waals surface area contributed by atoms with Gasteiger partial charge in [0.05, 0.1) is 20.1 Å². The molecule has 0 N–H and O–H groups in total. The molecule has 94 valence electrons. The molecule has 0 aromatic heterocycles. The Kier molecular flexibility index (Phi) is 5.41. The summed E-state index contributed by atoms with van der Waals surface area (Å²) in [4.78, 5) is 11.4. The zero-order chi connectivity index (χ0) is 12.8. The van der Waals surface area contributed by atoms with Gasteiger partial charge >= 0.3 is 5.97 Å². The van der Waals surface area contributed by atoms with E-state index in [1.807, 2.05) is 0 Å². The van der Waals surface area contributed by atoms with Crippen LogP contribution in [0.1, 0.15) is 18.1 Å². The van der Waals surface area contributed by atoms with Crippen LogP contribution in [0.2, 0.25) is 0 Å². The van der Waals surface area contributed by atoms with E-state index in [9.17, 15) is 9.18 Å². The predicted octanol–water partition coefficient (Wildman–Crippen LogP) is 2.83. The van der Waals surface area contributed by atoms with E-state index in [0.717, 1.165) is 5.56 Å². The van der Waals surface area contributed by atoms with Gasteiger partial charge in [-0.25, -0.2) is 4.39 Å². The van der Waals surface area contributed by atoms with Crippen molar-refractivity contribution in [3.8, 4) is 5.75 Å². The summed E-state index contributed by atoms with van der Waals surface area (Å²) >= 11 is 3.26. The second-order valence-electron chi connectivity index (χ2n) is 3.37. The molecule has 0 fully saturated rings. The smallest absolute Gasteiger partial charge is 0.310 e. The minimum atomic E-state index is -0.436. The molecule has 0 amide bonds. The van der Waals surface area contributed by atoms with Crippen LogP contribution in [0.3, 0.4) is 0 Å². The van der Waals surface area contributed by atoms with Crippen LogP contribution in [0.5, 0.6) is 5.75 Å². The summed E-state index contributed by atoms with van der Waals surface area (Å²) in [5, 5.41) is 0.475. The van der Waals surface area contributed by atoms with Gasteiger partial charge in [-0.1, -0.05) is 15.9 Å². The van der Waals surface area contributed by atoms with Crippen molar-refractivity contribution in [1.29, 1.82) is 0 Å². The number of esters is 1. The summed E-state index contributed by atoms with van der Waals surface area (Å²) in [5.41, 5.74) is 1.43. The summed E-state index contributed by atoms with van der Waals surface area (Å²) in [5.74, 6) is -0.632. The number of carbonyl (C=O) groups is 1. The number of methoxy groups -OCH3 is 1. The zero-order valence-corrected chi connectivity index (χ0v) is 11.3. The largest absolute Gasteiger partial charge is 0.494 e. The third-order valence-electron chi connectivity index (χ3n) is 2.26. The molecular formula is C12H14BrFO3. The average molecular weight is 305 g/mol. The Morgan fingerprint density at radius 2 is 2.12 bits per heavy atom. The van der Waals surface area contributed by atoms with Crippen molar-refractivity contribution in [3.05, 3.63) is 29.1 Å². The zero-order valence-electron chi connectivity index (χ0n) is 9.76. The van der Waals surface area contributed by atoms with Crippen molar-refractivity contribution >= 4 is 21.9 Å². The van der Waals surface area contributed by atoms with Crippen LogP contribution >= 0.6 is 15.9 Å². The molecule has 0 atom stereocenters. The van der Waals surface area contributed by atoms with Gasteiger partial charge in [0.1, 0.15) is 0 Å². The monoisotopic (exact) mass is 304 g/mol. The van der Waals surface area contributed by atoms with Crippen molar-refractivity contribution < 1.29 is 18.7 Å². The van der Waals surface area contributed by atoms with Gasteiger partial charge in [-0.3, -0.25) is 4.79 Å². The number of ether oxygens (including phenoxy) is 2. The van der Waals surface area contributed by atoms with Crippen LogP contribution in [-0.2, 0) is 21.3 Å². The fourth-order valence-electron chi connectivity index (χ4n) is 1.45. The molecule has 0 bridgehead atoms. The molecular weight excluding hydrogens is 291 g/mol. The first kappa shape index (κ1) is 14.0. The van der Waals surface area contributed by atoms with Crippen molar-refractivity contribution in [3.63, 3.8) is 0 Å². The van der Waals surface area contributed by atoms with Gasteiger partial charge in [0.2, 0.25) is 0 Å². The van der Waals surface area contributed by atoms with E-state index in [4.69, 9.17) is 9.47 Å². The van der Waals surface area contributed by atoms with Gasteiger partial charge in [0.15, 0.2) is 11.6 Å². The Morgan fingerprint density at radius 1 is 1.41 bits per heavy atom. The standard InChI is InChI=1S/C12H14BrFO3/c1-3-17-12(15)6-8-5-11(16-2)10(14)4-9(8)7-13/h4-5H,3,6-7H2,1-2H3. The lowest BCUT2D eigenvalue weighted by Gasteiger charge is -2.10. The van der Waals surface area contributed by atoms with Gasteiger partial charge in [-0.05, 0) is 30.2 Å². The summed E-state index contributed by atoms with van der Waals surface area (Å²) < 4.78 is 23.2. The second-order valence-corrected chi connectivity index (χ2v) is 3.93. The first-order valence-electron chi connectivity index (χ1n) is 5.19. The van der Waals surface area contributed by atoms with E-state index in [0.29, 0.717) is 17.5 Å². The first-order chi connectivity index (χ1) is 8.12. The van der Waals surface area contributed by atoms with Gasteiger partial charge in [-0.15, -0.1) is 0 Å². The Bertz CT molecular complexity index is 407. The molecule has 0 spiro atoms. The Balaban J connectivity index is 2.99.